The molecule has 1 saturated heterocycles. The quantitative estimate of drug-likeness (QED) is 0.447. The van der Waals surface area contributed by atoms with Crippen LogP contribution in [-0.2, 0) is 24.9 Å². The van der Waals surface area contributed by atoms with Gasteiger partial charge in [0.05, 0.1) is 53.8 Å². The lowest BCUT2D eigenvalue weighted by Gasteiger charge is -2.37. The van der Waals surface area contributed by atoms with Crippen molar-refractivity contribution in [1.82, 2.24) is 29.7 Å². The molecule has 1 amide bonds. The molecule has 7 heterocycles. The van der Waals surface area contributed by atoms with Gasteiger partial charge in [0.15, 0.2) is 0 Å². The Labute approximate surface area is 214 Å². The van der Waals surface area contributed by atoms with Gasteiger partial charge in [0.2, 0.25) is 0 Å². The van der Waals surface area contributed by atoms with Crippen LogP contribution in [0.5, 0.6) is 0 Å². The number of hydrogen-bond donors (Lipinski definition) is 2. The second kappa shape index (κ2) is 8.53. The van der Waals surface area contributed by atoms with Gasteiger partial charge >= 0.3 is 0 Å². The Balaban J connectivity index is 1.27. The molecule has 0 aromatic carbocycles. The van der Waals surface area contributed by atoms with Gasteiger partial charge in [0.1, 0.15) is 11.5 Å². The van der Waals surface area contributed by atoms with Crippen molar-refractivity contribution in [3.63, 3.8) is 0 Å². The first-order valence-corrected chi connectivity index (χ1v) is 12.6. The van der Waals surface area contributed by atoms with Crippen molar-refractivity contribution in [2.24, 2.45) is 7.05 Å². The summed E-state index contributed by atoms with van der Waals surface area (Å²) in [6.45, 7) is 4.44. The van der Waals surface area contributed by atoms with Crippen molar-refractivity contribution in [2.75, 3.05) is 43.6 Å². The van der Waals surface area contributed by atoms with Gasteiger partial charge in [-0.05, 0) is 31.3 Å². The number of anilines is 3. The number of amides is 1. The number of ether oxygens (including phenoxy) is 1. The summed E-state index contributed by atoms with van der Waals surface area (Å²) in [6.07, 6.45) is 5.52. The van der Waals surface area contributed by atoms with E-state index in [1.54, 1.807) is 12.4 Å². The average molecular weight is 497 g/mol. The lowest BCUT2D eigenvalue weighted by molar-refractivity contribution is 0.0844. The van der Waals surface area contributed by atoms with Crippen LogP contribution in [0.2, 0.25) is 0 Å². The van der Waals surface area contributed by atoms with Gasteiger partial charge in [-0.15, -0.1) is 0 Å². The molecule has 10 nitrogen and oxygen atoms in total. The molecule has 3 aliphatic heterocycles. The summed E-state index contributed by atoms with van der Waals surface area (Å²) >= 11 is 0. The van der Waals surface area contributed by atoms with Gasteiger partial charge in [-0.2, -0.15) is 0 Å². The van der Waals surface area contributed by atoms with Crippen LogP contribution in [-0.4, -0.2) is 69.7 Å². The first-order valence-electron chi connectivity index (χ1n) is 12.6. The summed E-state index contributed by atoms with van der Waals surface area (Å²) in [5.41, 5.74) is 6.99. The number of nitrogens with one attached hydrogen (secondary N) is 2. The second-order valence-corrected chi connectivity index (χ2v) is 9.99. The van der Waals surface area contributed by atoms with Gasteiger partial charge < -0.3 is 24.8 Å². The molecule has 1 atom stereocenters. The van der Waals surface area contributed by atoms with E-state index in [1.807, 2.05) is 36.0 Å². The molecular formula is C27H28N8O2. The Kier molecular flexibility index (Phi) is 5.12. The molecule has 0 bridgehead atoms. The number of carbonyl (C=O) groups is 1. The number of morpholine rings is 1. The molecule has 10 heteroatoms. The van der Waals surface area contributed by atoms with E-state index in [0.29, 0.717) is 29.7 Å². The minimum absolute atomic E-state index is 0.106. The number of carbonyl (C=O) groups excluding carboxylic acids is 1. The van der Waals surface area contributed by atoms with E-state index < -0.39 is 0 Å². The maximum atomic E-state index is 13.0. The largest absolute Gasteiger partial charge is 0.377 e. The first-order chi connectivity index (χ1) is 18.1. The van der Waals surface area contributed by atoms with E-state index in [-0.39, 0.29) is 5.91 Å². The highest BCUT2D eigenvalue weighted by Gasteiger charge is 2.31. The Morgan fingerprint density at radius 3 is 3.00 bits per heavy atom. The lowest BCUT2D eigenvalue weighted by Crippen LogP contribution is -2.49. The topological polar surface area (TPSA) is 100 Å². The van der Waals surface area contributed by atoms with Gasteiger partial charge in [0.25, 0.3) is 5.91 Å². The van der Waals surface area contributed by atoms with Crippen molar-refractivity contribution in [3.05, 3.63) is 59.7 Å². The lowest BCUT2D eigenvalue weighted by atomic mass is 10.0. The maximum Gasteiger partial charge on any atom is 0.254 e. The van der Waals surface area contributed by atoms with Crippen LogP contribution in [0.25, 0.3) is 22.3 Å². The Bertz CT molecular complexity index is 1550. The molecule has 1 fully saturated rings. The molecule has 3 aliphatic rings. The maximum absolute atomic E-state index is 13.0. The average Bonchev–Trinajstić information content (AvgIpc) is 3.44. The van der Waals surface area contributed by atoms with Crippen molar-refractivity contribution < 1.29 is 9.53 Å². The minimum atomic E-state index is -0.106. The number of nitrogens with zero attached hydrogens (tertiary/aromatic N) is 6. The van der Waals surface area contributed by atoms with Crippen molar-refractivity contribution in [1.29, 1.82) is 0 Å². The molecule has 0 unspecified atom stereocenters. The SMILES string of the molecule is CN1Cc2nc(Nc3cnc(-c4ccnc5c4ccn5C)c4c3C(=O)NC4)ccc2N2CCOC[C@H]2C1. The number of aryl methyl sites for hydroxylation is 1. The molecular weight excluding hydrogens is 468 g/mol. The summed E-state index contributed by atoms with van der Waals surface area (Å²) in [5, 5.41) is 7.40. The van der Waals surface area contributed by atoms with Crippen LogP contribution in [0.15, 0.2) is 42.9 Å². The third-order valence-electron chi connectivity index (χ3n) is 7.55. The Morgan fingerprint density at radius 1 is 1.16 bits per heavy atom. The summed E-state index contributed by atoms with van der Waals surface area (Å²) in [7, 11) is 4.09. The van der Waals surface area contributed by atoms with Crippen molar-refractivity contribution >= 4 is 34.1 Å². The third kappa shape index (κ3) is 3.63. The molecule has 37 heavy (non-hydrogen) atoms. The van der Waals surface area contributed by atoms with E-state index in [2.05, 4.69) is 38.5 Å². The number of pyridine rings is 3. The van der Waals surface area contributed by atoms with Crippen molar-refractivity contribution in [2.45, 2.75) is 19.1 Å². The van der Waals surface area contributed by atoms with E-state index >= 15 is 0 Å². The number of fused-ring (bicyclic) bond motifs is 5. The molecule has 0 spiro atoms. The summed E-state index contributed by atoms with van der Waals surface area (Å²) in [4.78, 5) is 32.0. The van der Waals surface area contributed by atoms with E-state index in [4.69, 9.17) is 14.7 Å². The highest BCUT2D eigenvalue weighted by molar-refractivity contribution is 6.06. The minimum Gasteiger partial charge on any atom is -0.377 e. The molecule has 188 valence electrons. The predicted octanol–water partition coefficient (Wildman–Crippen LogP) is 2.67. The normalized spacial score (nSPS) is 19.2. The van der Waals surface area contributed by atoms with Crippen LogP contribution in [0, 0.1) is 0 Å². The Hall–Kier alpha value is -4.02. The monoisotopic (exact) mass is 496 g/mol. The van der Waals surface area contributed by atoms with Gasteiger partial charge in [-0.3, -0.25) is 14.7 Å². The smallest absolute Gasteiger partial charge is 0.254 e. The fraction of sp³-hybridized carbons (Fsp3) is 0.333. The van der Waals surface area contributed by atoms with Gasteiger partial charge in [-0.1, -0.05) is 0 Å². The highest BCUT2D eigenvalue weighted by atomic mass is 16.5. The fourth-order valence-electron chi connectivity index (χ4n) is 5.82. The number of likely N-dealkylation sites (N-methyl/N-ethyl adjacent to an activating group) is 1. The molecule has 4 aromatic rings. The van der Waals surface area contributed by atoms with Gasteiger partial charge in [-0.25, -0.2) is 9.97 Å². The summed E-state index contributed by atoms with van der Waals surface area (Å²) in [5.74, 6) is 0.592. The van der Waals surface area contributed by atoms with E-state index in [9.17, 15) is 4.79 Å². The highest BCUT2D eigenvalue weighted by Crippen LogP contribution is 2.36. The van der Waals surface area contributed by atoms with Gasteiger partial charge in [0, 0.05) is 62.1 Å². The first kappa shape index (κ1) is 22.2. The molecule has 0 radical (unpaired) electrons. The van der Waals surface area contributed by atoms with E-state index in [0.717, 1.165) is 72.1 Å². The number of hydrogen-bond acceptors (Lipinski definition) is 8. The molecule has 7 rings (SSSR count). The zero-order valence-electron chi connectivity index (χ0n) is 20.9. The zero-order valence-corrected chi connectivity index (χ0v) is 20.9. The number of aromatic nitrogens is 4. The van der Waals surface area contributed by atoms with Crippen LogP contribution in [0.4, 0.5) is 17.2 Å². The summed E-state index contributed by atoms with van der Waals surface area (Å²) < 4.78 is 7.71. The van der Waals surface area contributed by atoms with Crippen molar-refractivity contribution in [3.8, 4) is 11.3 Å². The molecule has 4 aromatic heterocycles. The second-order valence-electron chi connectivity index (χ2n) is 9.99. The molecule has 0 aliphatic carbocycles. The Morgan fingerprint density at radius 2 is 2.08 bits per heavy atom. The fourth-order valence-corrected chi connectivity index (χ4v) is 5.82. The van der Waals surface area contributed by atoms with Crippen LogP contribution in [0.3, 0.4) is 0 Å². The molecule has 0 saturated carbocycles. The summed E-state index contributed by atoms with van der Waals surface area (Å²) in [6, 6.07) is 8.45. The predicted molar refractivity (Wildman–Crippen MR) is 141 cm³/mol. The van der Waals surface area contributed by atoms with Crippen LogP contribution in [0.1, 0.15) is 21.6 Å². The molecule has 2 N–H and O–H groups in total. The third-order valence-corrected chi connectivity index (χ3v) is 7.55. The van der Waals surface area contributed by atoms with E-state index in [1.165, 1.54) is 0 Å². The standard InChI is InChI=1S/C27H28N8O2/c1-33-13-16-15-37-10-9-35(16)22-3-4-23(32-21(22)14-33)31-20-12-29-25(19-11-30-27(36)24(19)20)17-5-7-28-26-18(17)6-8-34(26)2/h3-8,12,16H,9-11,13-15H2,1-2H3,(H,30,36)(H,31,32)/t16-/m1/s1. The zero-order chi connectivity index (χ0) is 25.1. The van der Waals surface area contributed by atoms with Crippen LogP contribution < -0.4 is 15.5 Å². The number of rotatable bonds is 3. The van der Waals surface area contributed by atoms with Crippen LogP contribution >= 0.6 is 0 Å².